The van der Waals surface area contributed by atoms with Crippen LogP contribution in [0, 0.1) is 6.92 Å². The number of thiazole rings is 1. The lowest BCUT2D eigenvalue weighted by atomic mass is 10.2. The molecule has 0 saturated carbocycles. The molecule has 8 heteroatoms. The Morgan fingerprint density at radius 2 is 2.16 bits per heavy atom. The van der Waals surface area contributed by atoms with E-state index in [1.807, 2.05) is 0 Å². The number of hydrogen-bond donors (Lipinski definition) is 2. The van der Waals surface area contributed by atoms with E-state index in [1.165, 1.54) is 16.2 Å². The van der Waals surface area contributed by atoms with E-state index in [0.717, 1.165) is 10.6 Å². The fraction of sp³-hybridized carbons (Fsp3) is 0.727. The normalized spacial score (nSPS) is 14.1. The van der Waals surface area contributed by atoms with Gasteiger partial charge in [-0.25, -0.2) is 4.98 Å². The summed E-state index contributed by atoms with van der Waals surface area (Å²) in [6.07, 6.45) is -6.21. The van der Waals surface area contributed by atoms with E-state index in [9.17, 15) is 18.3 Å². The van der Waals surface area contributed by atoms with Crippen molar-refractivity contribution in [2.45, 2.75) is 32.2 Å². The predicted octanol–water partition coefficient (Wildman–Crippen LogP) is 1.56. The summed E-state index contributed by atoms with van der Waals surface area (Å²) in [6.45, 7) is 1.41. The summed E-state index contributed by atoms with van der Waals surface area (Å²) in [5.41, 5.74) is 2.41. The second-order valence-corrected chi connectivity index (χ2v) is 5.24. The van der Waals surface area contributed by atoms with Crippen LogP contribution >= 0.6 is 11.3 Å². The van der Waals surface area contributed by atoms with Crippen molar-refractivity contribution in [2.75, 3.05) is 19.7 Å². The first-order valence-electron chi connectivity index (χ1n) is 5.79. The number of halogens is 3. The lowest BCUT2D eigenvalue weighted by Gasteiger charge is -2.24. The third-order valence-corrected chi connectivity index (χ3v) is 3.52. The molecule has 0 spiro atoms. The van der Waals surface area contributed by atoms with Crippen LogP contribution in [0.25, 0.3) is 0 Å². The molecule has 0 aliphatic carbocycles. The first kappa shape index (κ1) is 16.4. The first-order chi connectivity index (χ1) is 8.81. The fourth-order valence-corrected chi connectivity index (χ4v) is 2.38. The fourth-order valence-electron chi connectivity index (χ4n) is 1.56. The molecule has 0 aliphatic heterocycles. The van der Waals surface area contributed by atoms with Crippen molar-refractivity contribution in [1.29, 1.82) is 0 Å². The summed E-state index contributed by atoms with van der Waals surface area (Å²) in [6, 6.07) is 0. The molecule has 1 rings (SSSR count). The van der Waals surface area contributed by atoms with Gasteiger partial charge in [-0.05, 0) is 6.92 Å². The summed E-state index contributed by atoms with van der Waals surface area (Å²) in [5.74, 6) is 0. The van der Waals surface area contributed by atoms with E-state index >= 15 is 0 Å². The van der Waals surface area contributed by atoms with Crippen molar-refractivity contribution in [3.05, 3.63) is 16.1 Å². The van der Waals surface area contributed by atoms with Gasteiger partial charge in [0.1, 0.15) is 0 Å². The minimum atomic E-state index is -4.23. The molecule has 19 heavy (non-hydrogen) atoms. The Balaban J connectivity index is 2.61. The zero-order chi connectivity index (χ0) is 14.5. The predicted molar refractivity (Wildman–Crippen MR) is 65.9 cm³/mol. The third kappa shape index (κ3) is 6.33. The smallest absolute Gasteiger partial charge is 0.390 e. The van der Waals surface area contributed by atoms with Gasteiger partial charge in [-0.1, -0.05) is 0 Å². The van der Waals surface area contributed by atoms with E-state index in [1.54, 1.807) is 12.4 Å². The molecule has 2 N–H and O–H groups in total. The van der Waals surface area contributed by atoms with Gasteiger partial charge in [0.25, 0.3) is 0 Å². The highest BCUT2D eigenvalue weighted by molar-refractivity contribution is 7.09. The Morgan fingerprint density at radius 3 is 2.63 bits per heavy atom. The molecule has 0 radical (unpaired) electrons. The zero-order valence-corrected chi connectivity index (χ0v) is 11.3. The molecule has 0 amide bonds. The van der Waals surface area contributed by atoms with Gasteiger partial charge in [0.15, 0.2) is 0 Å². The molecular weight excluding hydrogens is 281 g/mol. The van der Waals surface area contributed by atoms with Crippen LogP contribution in [0.1, 0.15) is 17.0 Å². The van der Waals surface area contributed by atoms with Gasteiger partial charge in [0, 0.05) is 24.5 Å². The quantitative estimate of drug-likeness (QED) is 0.802. The molecular formula is C11H17F3N2O2S. The molecule has 1 aromatic heterocycles. The number of aliphatic hydroxyl groups is 2. The van der Waals surface area contributed by atoms with E-state index in [0.29, 0.717) is 6.54 Å². The molecule has 1 heterocycles. The molecule has 0 aliphatic rings. The molecule has 0 bridgehead atoms. The van der Waals surface area contributed by atoms with Crippen molar-refractivity contribution in [2.24, 2.45) is 0 Å². The maximum Gasteiger partial charge on any atom is 0.390 e. The Labute approximate surface area is 113 Å². The van der Waals surface area contributed by atoms with Gasteiger partial charge in [-0.3, -0.25) is 4.90 Å². The molecule has 0 aromatic carbocycles. The van der Waals surface area contributed by atoms with Crippen LogP contribution in [0.4, 0.5) is 13.2 Å². The molecule has 1 aromatic rings. The first-order valence-corrected chi connectivity index (χ1v) is 6.66. The van der Waals surface area contributed by atoms with E-state index in [2.05, 4.69) is 4.98 Å². The van der Waals surface area contributed by atoms with E-state index < -0.39 is 25.3 Å². The maximum atomic E-state index is 12.2. The van der Waals surface area contributed by atoms with Gasteiger partial charge in [0.05, 0.1) is 30.3 Å². The van der Waals surface area contributed by atoms with E-state index in [4.69, 9.17) is 5.11 Å². The van der Waals surface area contributed by atoms with Gasteiger partial charge in [-0.15, -0.1) is 11.3 Å². The van der Waals surface area contributed by atoms with Crippen LogP contribution < -0.4 is 0 Å². The SMILES string of the molecule is Cc1ncsc1CN(CCC(F)(F)F)C[C@H](O)CO. The summed E-state index contributed by atoms with van der Waals surface area (Å²) in [4.78, 5) is 6.38. The Hall–Kier alpha value is -0.700. The van der Waals surface area contributed by atoms with Crippen molar-refractivity contribution in [3.63, 3.8) is 0 Å². The second-order valence-electron chi connectivity index (χ2n) is 4.30. The van der Waals surface area contributed by atoms with Gasteiger partial charge in [-0.2, -0.15) is 13.2 Å². The van der Waals surface area contributed by atoms with Crippen LogP contribution in [-0.4, -0.2) is 52.1 Å². The lowest BCUT2D eigenvalue weighted by molar-refractivity contribution is -0.139. The number of alkyl halides is 3. The van der Waals surface area contributed by atoms with Crippen molar-refractivity contribution >= 4 is 11.3 Å². The second kappa shape index (κ2) is 7.18. The minimum absolute atomic E-state index is 0.00389. The van der Waals surface area contributed by atoms with E-state index in [-0.39, 0.29) is 13.1 Å². The standard InChI is InChI=1S/C11H17F3N2O2S/c1-8-10(19-7-15-8)5-16(4-9(18)6-17)3-2-11(12,13)14/h7,9,17-18H,2-6H2,1H3/t9-/m0/s1. The summed E-state index contributed by atoms with van der Waals surface area (Å²) < 4.78 is 36.7. The Morgan fingerprint density at radius 1 is 1.47 bits per heavy atom. The number of aliphatic hydroxyl groups excluding tert-OH is 2. The molecule has 0 unspecified atom stereocenters. The van der Waals surface area contributed by atoms with Crippen molar-refractivity contribution in [3.8, 4) is 0 Å². The summed E-state index contributed by atoms with van der Waals surface area (Å²) in [5, 5.41) is 18.2. The van der Waals surface area contributed by atoms with Crippen LogP contribution in [-0.2, 0) is 6.54 Å². The van der Waals surface area contributed by atoms with Crippen LogP contribution in [0.3, 0.4) is 0 Å². The minimum Gasteiger partial charge on any atom is -0.394 e. The molecule has 0 fully saturated rings. The largest absolute Gasteiger partial charge is 0.394 e. The van der Waals surface area contributed by atoms with Gasteiger partial charge in [0.2, 0.25) is 0 Å². The lowest BCUT2D eigenvalue weighted by Crippen LogP contribution is -2.36. The molecule has 0 saturated heterocycles. The Kier molecular flexibility index (Phi) is 6.18. The number of nitrogens with zero attached hydrogens (tertiary/aromatic N) is 2. The van der Waals surface area contributed by atoms with Crippen LogP contribution in [0.5, 0.6) is 0 Å². The van der Waals surface area contributed by atoms with Gasteiger partial charge < -0.3 is 10.2 Å². The maximum absolute atomic E-state index is 12.2. The number of aryl methyl sites for hydroxylation is 1. The van der Waals surface area contributed by atoms with Crippen molar-refractivity contribution < 1.29 is 23.4 Å². The highest BCUT2D eigenvalue weighted by Gasteiger charge is 2.28. The molecule has 1 atom stereocenters. The average molecular weight is 298 g/mol. The van der Waals surface area contributed by atoms with Crippen LogP contribution in [0.15, 0.2) is 5.51 Å². The highest BCUT2D eigenvalue weighted by atomic mass is 32.1. The Bertz CT molecular complexity index is 384. The van der Waals surface area contributed by atoms with Crippen molar-refractivity contribution in [1.82, 2.24) is 9.88 Å². The zero-order valence-electron chi connectivity index (χ0n) is 10.5. The number of rotatable bonds is 7. The summed E-state index contributed by atoms with van der Waals surface area (Å²) >= 11 is 1.37. The number of hydrogen-bond acceptors (Lipinski definition) is 5. The third-order valence-electron chi connectivity index (χ3n) is 2.60. The highest BCUT2D eigenvalue weighted by Crippen LogP contribution is 2.21. The average Bonchev–Trinajstić information content (AvgIpc) is 2.71. The topological polar surface area (TPSA) is 56.6 Å². The number of aromatic nitrogens is 1. The molecule has 110 valence electrons. The summed E-state index contributed by atoms with van der Waals surface area (Å²) in [7, 11) is 0. The monoisotopic (exact) mass is 298 g/mol. The molecule has 4 nitrogen and oxygen atoms in total. The van der Waals surface area contributed by atoms with Gasteiger partial charge >= 0.3 is 6.18 Å². The van der Waals surface area contributed by atoms with Crippen LogP contribution in [0.2, 0.25) is 0 Å².